The van der Waals surface area contributed by atoms with Crippen LogP contribution in [-0.2, 0) is 0 Å². The lowest BCUT2D eigenvalue weighted by Gasteiger charge is -2.14. The molecule has 0 spiro atoms. The summed E-state index contributed by atoms with van der Waals surface area (Å²) in [7, 11) is 0. The first-order chi connectivity index (χ1) is 27.7. The van der Waals surface area contributed by atoms with E-state index in [-0.39, 0.29) is 0 Å². The van der Waals surface area contributed by atoms with Gasteiger partial charge in [-0.15, -0.1) is 22.7 Å². The van der Waals surface area contributed by atoms with E-state index in [1.165, 1.54) is 51.5 Å². The highest BCUT2D eigenvalue weighted by atomic mass is 32.1. The summed E-state index contributed by atoms with van der Waals surface area (Å²) in [5.74, 6) is 0.683. The number of pyridine rings is 1. The number of hydrogen-bond donors (Lipinski definition) is 0. The number of thiophene rings is 2. The molecule has 0 fully saturated rings. The quantitative estimate of drug-likeness (QED) is 0.170. The maximum atomic E-state index is 5.34. The summed E-state index contributed by atoms with van der Waals surface area (Å²) >= 11 is 3.69. The zero-order chi connectivity index (χ0) is 37.0. The van der Waals surface area contributed by atoms with E-state index in [2.05, 4.69) is 169 Å². The van der Waals surface area contributed by atoms with Gasteiger partial charge in [-0.1, -0.05) is 115 Å². The van der Waals surface area contributed by atoms with Gasteiger partial charge >= 0.3 is 0 Å². The highest BCUT2D eigenvalue weighted by Gasteiger charge is 2.16. The van der Waals surface area contributed by atoms with Crippen LogP contribution < -0.4 is 0 Å². The summed E-state index contributed by atoms with van der Waals surface area (Å²) in [5.41, 5.74) is 11.5. The molecule has 7 aromatic carbocycles. The normalized spacial score (nSPS) is 11.6. The van der Waals surface area contributed by atoms with E-state index in [1.807, 2.05) is 41.0 Å². The van der Waals surface area contributed by atoms with Gasteiger partial charge in [0.05, 0.1) is 11.4 Å². The SMILES string of the molecule is c1ccc(-c2cc(-c3cccc(-c4cccnc4)c3)nc(-c3cc(-c4ccc5c(c4)sc4ccccc45)cc(-c4ccc5c(c4)sc4ccccc45)c3)n2)cc1. The minimum absolute atomic E-state index is 0.683. The second-order valence-electron chi connectivity index (χ2n) is 14.1. The minimum atomic E-state index is 0.683. The zero-order valence-corrected chi connectivity index (χ0v) is 31.7. The Bertz CT molecular complexity index is 3120. The van der Waals surface area contributed by atoms with E-state index in [1.54, 1.807) is 6.20 Å². The fourth-order valence-electron chi connectivity index (χ4n) is 7.77. The summed E-state index contributed by atoms with van der Waals surface area (Å²) < 4.78 is 5.16. The predicted molar refractivity (Wildman–Crippen MR) is 238 cm³/mol. The molecule has 4 heterocycles. The smallest absolute Gasteiger partial charge is 0.160 e. The van der Waals surface area contributed by atoms with E-state index in [4.69, 9.17) is 9.97 Å². The molecule has 11 rings (SSSR count). The topological polar surface area (TPSA) is 38.7 Å². The van der Waals surface area contributed by atoms with Crippen molar-refractivity contribution in [2.45, 2.75) is 0 Å². The molecular weight excluding hydrogens is 719 g/mol. The molecule has 0 saturated heterocycles. The zero-order valence-electron chi connectivity index (χ0n) is 30.1. The Balaban J connectivity index is 1.12. The third-order valence-electron chi connectivity index (χ3n) is 10.6. The predicted octanol–water partition coefficient (Wildman–Crippen LogP) is 14.6. The lowest BCUT2D eigenvalue weighted by molar-refractivity contribution is 1.18. The van der Waals surface area contributed by atoms with Crippen LogP contribution in [0.5, 0.6) is 0 Å². The highest BCUT2D eigenvalue weighted by molar-refractivity contribution is 7.26. The monoisotopic (exact) mass is 749 g/mol. The Morgan fingerprint density at radius 3 is 1.45 bits per heavy atom. The number of benzene rings is 7. The molecule has 56 heavy (non-hydrogen) atoms. The average molecular weight is 750 g/mol. The van der Waals surface area contributed by atoms with E-state index in [0.717, 1.165) is 50.3 Å². The van der Waals surface area contributed by atoms with Gasteiger partial charge < -0.3 is 0 Å². The van der Waals surface area contributed by atoms with Crippen molar-refractivity contribution in [1.29, 1.82) is 0 Å². The van der Waals surface area contributed by atoms with Crippen molar-refractivity contribution < 1.29 is 0 Å². The second-order valence-corrected chi connectivity index (χ2v) is 16.2. The van der Waals surface area contributed by atoms with Gasteiger partial charge in [-0.05, 0) is 88.5 Å². The lowest BCUT2D eigenvalue weighted by Crippen LogP contribution is -1.97. The molecule has 0 aliphatic rings. The molecule has 0 aliphatic carbocycles. The van der Waals surface area contributed by atoms with Gasteiger partial charge in [0.15, 0.2) is 5.82 Å². The summed E-state index contributed by atoms with van der Waals surface area (Å²) in [4.78, 5) is 15.0. The number of hydrogen-bond acceptors (Lipinski definition) is 5. The van der Waals surface area contributed by atoms with Gasteiger partial charge in [0.2, 0.25) is 0 Å². The van der Waals surface area contributed by atoms with Crippen LogP contribution in [0.25, 0.3) is 108 Å². The van der Waals surface area contributed by atoms with E-state index < -0.39 is 0 Å². The van der Waals surface area contributed by atoms with Crippen LogP contribution in [0.15, 0.2) is 188 Å². The van der Waals surface area contributed by atoms with Crippen molar-refractivity contribution in [3.05, 3.63) is 188 Å². The summed E-state index contributed by atoms with van der Waals surface area (Å²) in [5, 5.41) is 5.18. The van der Waals surface area contributed by atoms with Crippen molar-refractivity contribution in [2.75, 3.05) is 0 Å². The highest BCUT2D eigenvalue weighted by Crippen LogP contribution is 2.41. The van der Waals surface area contributed by atoms with Crippen molar-refractivity contribution in [2.24, 2.45) is 0 Å². The largest absolute Gasteiger partial charge is 0.264 e. The van der Waals surface area contributed by atoms with Crippen LogP contribution in [0.3, 0.4) is 0 Å². The number of nitrogens with zero attached hydrogens (tertiary/aromatic N) is 3. The standard InChI is InChI=1S/C51H31N3S2/c1-2-10-32(11-3-1)45-30-46(36-13-8-12-33(24-36)37-14-9-23-52-31-37)54-51(53-45)40-26-38(34-19-21-43-41-15-4-6-17-47(41)55-49(43)28-34)25-39(27-40)35-20-22-44-42-16-5-7-18-48(42)56-50(44)29-35/h1-31H. The number of aromatic nitrogens is 3. The van der Waals surface area contributed by atoms with E-state index in [9.17, 15) is 0 Å². The van der Waals surface area contributed by atoms with Crippen LogP contribution in [0, 0.1) is 0 Å². The molecule has 5 heteroatoms. The van der Waals surface area contributed by atoms with Crippen LogP contribution in [-0.4, -0.2) is 15.0 Å². The third kappa shape index (κ3) is 5.86. The summed E-state index contributed by atoms with van der Waals surface area (Å²) in [6.07, 6.45) is 3.71. The molecule has 262 valence electrons. The van der Waals surface area contributed by atoms with Gasteiger partial charge in [0.1, 0.15) is 0 Å². The molecule has 0 radical (unpaired) electrons. The Labute approximate surface area is 331 Å². The van der Waals surface area contributed by atoms with Crippen molar-refractivity contribution in [3.8, 4) is 67.3 Å². The molecule has 0 bridgehead atoms. The molecule has 0 atom stereocenters. The van der Waals surface area contributed by atoms with Gasteiger partial charge in [-0.2, -0.15) is 0 Å². The van der Waals surface area contributed by atoms with Crippen molar-refractivity contribution in [1.82, 2.24) is 15.0 Å². The maximum Gasteiger partial charge on any atom is 0.160 e. The fraction of sp³-hybridized carbons (Fsp3) is 0. The van der Waals surface area contributed by atoms with Crippen LogP contribution in [0.4, 0.5) is 0 Å². The van der Waals surface area contributed by atoms with Gasteiger partial charge in [0, 0.05) is 75.0 Å². The minimum Gasteiger partial charge on any atom is -0.264 e. The number of rotatable bonds is 6. The van der Waals surface area contributed by atoms with Gasteiger partial charge in [-0.3, -0.25) is 4.98 Å². The molecule has 4 aromatic heterocycles. The Morgan fingerprint density at radius 1 is 0.304 bits per heavy atom. The first-order valence-corrected chi connectivity index (χ1v) is 20.3. The van der Waals surface area contributed by atoms with E-state index in [0.29, 0.717) is 5.82 Å². The third-order valence-corrected chi connectivity index (χ3v) is 12.8. The molecule has 0 saturated carbocycles. The van der Waals surface area contributed by atoms with Crippen LogP contribution in [0.1, 0.15) is 0 Å². The Morgan fingerprint density at radius 2 is 0.804 bits per heavy atom. The Hall–Kier alpha value is -6.79. The number of fused-ring (bicyclic) bond motifs is 6. The van der Waals surface area contributed by atoms with Crippen molar-refractivity contribution in [3.63, 3.8) is 0 Å². The second kappa shape index (κ2) is 13.5. The van der Waals surface area contributed by atoms with Gasteiger partial charge in [0.25, 0.3) is 0 Å². The lowest BCUT2D eigenvalue weighted by atomic mass is 9.94. The first kappa shape index (κ1) is 32.6. The van der Waals surface area contributed by atoms with Crippen LogP contribution >= 0.6 is 22.7 Å². The molecular formula is C51H31N3S2. The molecule has 0 N–H and O–H groups in total. The van der Waals surface area contributed by atoms with Gasteiger partial charge in [-0.25, -0.2) is 9.97 Å². The summed E-state index contributed by atoms with van der Waals surface area (Å²) in [6.45, 7) is 0. The van der Waals surface area contributed by atoms with E-state index >= 15 is 0 Å². The fourth-order valence-corrected chi connectivity index (χ4v) is 10.1. The molecule has 0 aliphatic heterocycles. The molecule has 0 amide bonds. The Kier molecular flexibility index (Phi) is 7.87. The maximum absolute atomic E-state index is 5.34. The average Bonchev–Trinajstić information content (AvgIpc) is 3.84. The molecule has 11 aromatic rings. The summed E-state index contributed by atoms with van der Waals surface area (Å²) in [6, 6.07) is 63.1. The first-order valence-electron chi connectivity index (χ1n) is 18.6. The van der Waals surface area contributed by atoms with Crippen molar-refractivity contribution >= 4 is 63.0 Å². The van der Waals surface area contributed by atoms with Crippen LogP contribution in [0.2, 0.25) is 0 Å². The molecule has 3 nitrogen and oxygen atoms in total. The molecule has 0 unspecified atom stereocenters.